The molecule has 270 valence electrons. The van der Waals surface area contributed by atoms with Gasteiger partial charge in [0.1, 0.15) is 6.04 Å². The Hall–Kier alpha value is -2.90. The van der Waals surface area contributed by atoms with Gasteiger partial charge in [0, 0.05) is 29.3 Å². The van der Waals surface area contributed by atoms with Crippen molar-refractivity contribution in [3.63, 3.8) is 0 Å². The van der Waals surface area contributed by atoms with Gasteiger partial charge >= 0.3 is 22.2 Å². The second kappa shape index (κ2) is 18.7. The molecular formula is C34H52ClN3O9S. The first-order chi connectivity index (χ1) is 22.7. The number of esters is 1. The molecule has 1 aliphatic heterocycles. The van der Waals surface area contributed by atoms with Gasteiger partial charge in [0.2, 0.25) is 17.3 Å². The number of amides is 3. The van der Waals surface area contributed by atoms with E-state index in [0.717, 1.165) is 50.5 Å². The first kappa shape index (κ1) is 39.5. The number of carbonyl (C=O) groups is 4. The van der Waals surface area contributed by atoms with E-state index in [9.17, 15) is 32.1 Å². The second-order valence-electron chi connectivity index (χ2n) is 13.9. The summed E-state index contributed by atoms with van der Waals surface area (Å²) < 4.78 is 46.2. The largest absolute Gasteiger partial charge is 0.449 e. The van der Waals surface area contributed by atoms with Crippen LogP contribution in [-0.2, 0) is 40.4 Å². The van der Waals surface area contributed by atoms with Crippen LogP contribution in [-0.4, -0.2) is 67.5 Å². The van der Waals surface area contributed by atoms with Crippen molar-refractivity contribution in [1.29, 1.82) is 0 Å². The fourth-order valence-electron chi connectivity index (χ4n) is 6.44. The number of halogens is 1. The van der Waals surface area contributed by atoms with Crippen molar-refractivity contribution < 1.29 is 41.6 Å². The van der Waals surface area contributed by atoms with E-state index in [0.29, 0.717) is 30.8 Å². The topological polar surface area (TPSA) is 177 Å². The smallest absolute Gasteiger partial charge is 0.407 e. The molecular weight excluding hydrogens is 662 g/mol. The zero-order valence-electron chi connectivity index (χ0n) is 28.3. The lowest BCUT2D eigenvalue weighted by molar-refractivity contribution is -0.148. The van der Waals surface area contributed by atoms with Crippen LogP contribution in [0.2, 0.25) is 5.02 Å². The molecule has 12 nitrogen and oxygen atoms in total. The Labute approximate surface area is 289 Å². The van der Waals surface area contributed by atoms with Crippen molar-refractivity contribution in [1.82, 2.24) is 16.0 Å². The van der Waals surface area contributed by atoms with E-state index >= 15 is 0 Å². The minimum absolute atomic E-state index is 0.0430. The lowest BCUT2D eigenvalue weighted by atomic mass is 9.84. The molecule has 1 saturated carbocycles. The van der Waals surface area contributed by atoms with Gasteiger partial charge in [-0.2, -0.15) is 8.42 Å². The molecule has 1 saturated heterocycles. The summed E-state index contributed by atoms with van der Waals surface area (Å²) in [7, 11) is -5.03. The maximum Gasteiger partial charge on any atom is 0.407 e. The summed E-state index contributed by atoms with van der Waals surface area (Å²) in [6.07, 6.45) is 6.91. The molecule has 0 spiro atoms. The molecule has 3 amide bonds. The molecule has 4 atom stereocenters. The minimum Gasteiger partial charge on any atom is -0.449 e. The minimum atomic E-state index is -5.03. The van der Waals surface area contributed by atoms with Gasteiger partial charge in [-0.15, -0.1) is 0 Å². The molecule has 0 aromatic heterocycles. The van der Waals surface area contributed by atoms with Crippen molar-refractivity contribution in [3.05, 3.63) is 34.9 Å². The predicted molar refractivity (Wildman–Crippen MR) is 182 cm³/mol. The zero-order chi connectivity index (χ0) is 35.3. The number of rotatable bonds is 18. The zero-order valence-corrected chi connectivity index (χ0v) is 29.9. The van der Waals surface area contributed by atoms with Crippen LogP contribution < -0.4 is 16.0 Å². The Morgan fingerprint density at radius 1 is 1.08 bits per heavy atom. The van der Waals surface area contributed by atoms with Crippen LogP contribution in [0.5, 0.6) is 0 Å². The molecule has 48 heavy (non-hydrogen) atoms. The van der Waals surface area contributed by atoms with E-state index in [1.807, 2.05) is 39.0 Å². The van der Waals surface area contributed by atoms with E-state index in [2.05, 4.69) is 16.0 Å². The summed E-state index contributed by atoms with van der Waals surface area (Å²) in [6, 6.07) is 4.84. The van der Waals surface area contributed by atoms with Gasteiger partial charge in [-0.3, -0.25) is 18.9 Å². The van der Waals surface area contributed by atoms with Crippen molar-refractivity contribution >= 4 is 45.6 Å². The van der Waals surface area contributed by atoms with Crippen LogP contribution in [0.25, 0.3) is 0 Å². The van der Waals surface area contributed by atoms with Crippen LogP contribution in [0.3, 0.4) is 0 Å². The maximum atomic E-state index is 13.9. The van der Waals surface area contributed by atoms with Crippen molar-refractivity contribution in [2.45, 2.75) is 122 Å². The van der Waals surface area contributed by atoms with Crippen LogP contribution in [0.4, 0.5) is 4.79 Å². The van der Waals surface area contributed by atoms with E-state index < -0.39 is 56.9 Å². The molecule has 4 N–H and O–H groups in total. The van der Waals surface area contributed by atoms with Crippen LogP contribution in [0, 0.1) is 17.3 Å². The normalized spacial score (nSPS) is 19.1. The van der Waals surface area contributed by atoms with E-state index in [1.165, 1.54) is 0 Å². The van der Waals surface area contributed by atoms with Crippen LogP contribution in [0.15, 0.2) is 24.3 Å². The number of hydrogen-bond donors (Lipinski definition) is 4. The van der Waals surface area contributed by atoms with Crippen LogP contribution >= 0.6 is 11.6 Å². The summed E-state index contributed by atoms with van der Waals surface area (Å²) >= 11 is 6.13. The van der Waals surface area contributed by atoms with Crippen molar-refractivity contribution in [2.24, 2.45) is 17.3 Å². The lowest BCUT2D eigenvalue weighted by Gasteiger charge is -2.31. The average Bonchev–Trinajstić information content (AvgIpc) is 3.42. The summed E-state index contributed by atoms with van der Waals surface area (Å²) in [4.78, 5) is 52.1. The summed E-state index contributed by atoms with van der Waals surface area (Å²) in [6.45, 7) is 6.23. The van der Waals surface area contributed by atoms with Gasteiger partial charge in [-0.1, -0.05) is 89.5 Å². The number of benzene rings is 1. The molecule has 0 radical (unpaired) electrons. The highest BCUT2D eigenvalue weighted by Gasteiger charge is 2.41. The molecule has 14 heteroatoms. The molecule has 1 unspecified atom stereocenters. The summed E-state index contributed by atoms with van der Waals surface area (Å²) in [5.74, 6) is -2.47. The third-order valence-corrected chi connectivity index (χ3v) is 10.2. The van der Waals surface area contributed by atoms with Gasteiger partial charge in [0.15, 0.2) is 0 Å². The molecule has 1 aromatic rings. The van der Waals surface area contributed by atoms with Crippen molar-refractivity contribution in [3.8, 4) is 0 Å². The molecule has 1 aliphatic carbocycles. The summed E-state index contributed by atoms with van der Waals surface area (Å²) in [5, 5.41) is 8.59. The molecule has 3 rings (SSSR count). The number of ether oxygens (including phenoxy) is 2. The van der Waals surface area contributed by atoms with Crippen LogP contribution in [0.1, 0.15) is 103 Å². The Balaban J connectivity index is 1.78. The fraction of sp³-hybridized carbons (Fsp3) is 0.706. The molecule has 0 bridgehead atoms. The lowest BCUT2D eigenvalue weighted by Crippen LogP contribution is -2.56. The monoisotopic (exact) mass is 713 g/mol. The number of alkyl carbamates (subject to hydrolysis) is 1. The van der Waals surface area contributed by atoms with Gasteiger partial charge < -0.3 is 25.4 Å². The third kappa shape index (κ3) is 13.5. The second-order valence-corrected chi connectivity index (χ2v) is 15.9. The van der Waals surface area contributed by atoms with Gasteiger partial charge in [0.25, 0.3) is 0 Å². The highest BCUT2D eigenvalue weighted by Crippen LogP contribution is 2.29. The van der Waals surface area contributed by atoms with Gasteiger partial charge in [-0.05, 0) is 55.7 Å². The van der Waals surface area contributed by atoms with E-state index in [4.69, 9.17) is 21.1 Å². The first-order valence-electron chi connectivity index (χ1n) is 17.1. The van der Waals surface area contributed by atoms with E-state index in [-0.39, 0.29) is 37.7 Å². The Morgan fingerprint density at radius 2 is 1.81 bits per heavy atom. The number of unbranched alkanes of at least 4 members (excludes halogenated alkanes) is 2. The van der Waals surface area contributed by atoms with Gasteiger partial charge in [0.05, 0.1) is 12.6 Å². The molecule has 2 aliphatic rings. The Kier molecular flexibility index (Phi) is 15.4. The predicted octanol–water partition coefficient (Wildman–Crippen LogP) is 5.32. The van der Waals surface area contributed by atoms with Crippen molar-refractivity contribution in [2.75, 3.05) is 13.2 Å². The summed E-state index contributed by atoms with van der Waals surface area (Å²) in [5.41, 5.74) is -1.62. The molecule has 1 heterocycles. The third-order valence-electron chi connectivity index (χ3n) is 8.95. The highest BCUT2D eigenvalue weighted by molar-refractivity contribution is 7.86. The molecule has 2 fully saturated rings. The SMILES string of the molecule is CCCCCC(=O)OC([C@H](C[C@@H]1CCNC1=O)NC(=O)[C@H](CC1CCCCC1)NC(=O)OCC(C)(C)Cc1cccc(Cl)c1)S(=O)(=O)O. The van der Waals surface area contributed by atoms with E-state index in [1.54, 1.807) is 6.07 Å². The average molecular weight is 714 g/mol. The Morgan fingerprint density at radius 3 is 2.44 bits per heavy atom. The quantitative estimate of drug-likeness (QED) is 0.0891. The number of hydrogen-bond acceptors (Lipinski definition) is 8. The van der Waals surface area contributed by atoms with Gasteiger partial charge in [-0.25, -0.2) is 4.79 Å². The number of carbonyl (C=O) groups excluding carboxylic acids is 4. The number of nitrogens with one attached hydrogen (secondary N) is 3. The molecule has 1 aromatic carbocycles. The standard InChI is InChI=1S/C34H52ClN3O9S/c1-4-5-7-15-29(39)47-32(48(43,44)45)28(20-25-16-17-36-30(25)40)37-31(41)27(19-23-11-8-6-9-12-23)38-33(42)46-22-34(2,3)21-24-13-10-14-26(35)18-24/h10,13-14,18,23,25,27-28,32H,4-9,11-12,15-17,19-22H2,1-3H3,(H,36,40)(H,37,41)(H,38,42)(H,43,44,45)/t25-,27-,28-,32?/m0/s1. The fourth-order valence-corrected chi connectivity index (χ4v) is 7.48. The highest BCUT2D eigenvalue weighted by atomic mass is 35.5. The maximum absolute atomic E-state index is 13.9. The first-order valence-corrected chi connectivity index (χ1v) is 19.0. The Bertz CT molecular complexity index is 1350.